The quantitative estimate of drug-likeness (QED) is 0.833. The highest BCUT2D eigenvalue weighted by molar-refractivity contribution is 5.43. The van der Waals surface area contributed by atoms with E-state index < -0.39 is 0 Å². The van der Waals surface area contributed by atoms with Gasteiger partial charge in [0.25, 0.3) is 0 Å². The molecule has 2 heterocycles. The molecule has 0 bridgehead atoms. The Balaban J connectivity index is 2.19. The van der Waals surface area contributed by atoms with Gasteiger partial charge in [-0.2, -0.15) is 0 Å². The second-order valence-electron chi connectivity index (χ2n) is 5.35. The van der Waals surface area contributed by atoms with Gasteiger partial charge in [-0.15, -0.1) is 0 Å². The van der Waals surface area contributed by atoms with E-state index in [4.69, 9.17) is 5.73 Å². The maximum atomic E-state index is 6.37. The van der Waals surface area contributed by atoms with Crippen LogP contribution in [0.25, 0.3) is 5.65 Å². The lowest BCUT2D eigenvalue weighted by Gasteiger charge is -2.31. The van der Waals surface area contributed by atoms with E-state index >= 15 is 0 Å². The molecule has 0 unspecified atom stereocenters. The van der Waals surface area contributed by atoms with Crippen molar-refractivity contribution in [2.45, 2.75) is 37.6 Å². The Morgan fingerprint density at radius 1 is 1.38 bits per heavy atom. The third kappa shape index (κ3) is 1.15. The van der Waals surface area contributed by atoms with E-state index in [1.54, 1.807) is 0 Å². The Morgan fingerprint density at radius 2 is 2.12 bits per heavy atom. The van der Waals surface area contributed by atoms with Crippen LogP contribution in [0.15, 0.2) is 30.6 Å². The van der Waals surface area contributed by atoms with Crippen LogP contribution in [0, 0.1) is 0 Å². The van der Waals surface area contributed by atoms with Crippen LogP contribution >= 0.6 is 0 Å². The SMILES string of the molecule is CC(C)(c1cnc2ccccn12)C1(N)CC1. The Bertz CT molecular complexity index is 535. The molecular formula is C13H17N3. The molecule has 2 aromatic heterocycles. The number of rotatable bonds is 2. The van der Waals surface area contributed by atoms with E-state index in [2.05, 4.69) is 29.4 Å². The van der Waals surface area contributed by atoms with Gasteiger partial charge in [0.2, 0.25) is 0 Å². The van der Waals surface area contributed by atoms with Crippen LogP contribution in [-0.4, -0.2) is 14.9 Å². The number of hydrogen-bond donors (Lipinski definition) is 1. The molecule has 2 N–H and O–H groups in total. The lowest BCUT2D eigenvalue weighted by atomic mass is 9.79. The van der Waals surface area contributed by atoms with Gasteiger partial charge in [-0.1, -0.05) is 19.9 Å². The van der Waals surface area contributed by atoms with Crippen LogP contribution in [0.2, 0.25) is 0 Å². The lowest BCUT2D eigenvalue weighted by molar-refractivity contribution is 0.378. The molecular weight excluding hydrogens is 198 g/mol. The summed E-state index contributed by atoms with van der Waals surface area (Å²) < 4.78 is 2.15. The summed E-state index contributed by atoms with van der Waals surface area (Å²) >= 11 is 0. The Hall–Kier alpha value is -1.35. The topological polar surface area (TPSA) is 43.3 Å². The van der Waals surface area contributed by atoms with Crippen molar-refractivity contribution in [3.8, 4) is 0 Å². The van der Waals surface area contributed by atoms with Crippen LogP contribution < -0.4 is 5.73 Å². The maximum absolute atomic E-state index is 6.37. The first-order valence-corrected chi connectivity index (χ1v) is 5.76. The Labute approximate surface area is 95.3 Å². The van der Waals surface area contributed by atoms with Crippen molar-refractivity contribution in [1.82, 2.24) is 9.38 Å². The molecule has 3 nitrogen and oxygen atoms in total. The molecule has 0 amide bonds. The fraction of sp³-hybridized carbons (Fsp3) is 0.462. The zero-order valence-corrected chi connectivity index (χ0v) is 9.77. The van der Waals surface area contributed by atoms with E-state index in [0.717, 1.165) is 18.5 Å². The van der Waals surface area contributed by atoms with Crippen LogP contribution in [-0.2, 0) is 5.41 Å². The third-order valence-corrected chi connectivity index (χ3v) is 4.09. The molecule has 84 valence electrons. The summed E-state index contributed by atoms with van der Waals surface area (Å²) in [5.41, 5.74) is 8.51. The van der Waals surface area contributed by atoms with Crippen LogP contribution in [0.4, 0.5) is 0 Å². The van der Waals surface area contributed by atoms with Crippen molar-refractivity contribution in [3.05, 3.63) is 36.3 Å². The predicted octanol–water partition coefficient (Wildman–Crippen LogP) is 2.10. The Morgan fingerprint density at radius 3 is 2.81 bits per heavy atom. The summed E-state index contributed by atoms with van der Waals surface area (Å²) in [6.07, 6.45) is 6.24. The second kappa shape index (κ2) is 2.86. The van der Waals surface area contributed by atoms with E-state index in [0.29, 0.717) is 0 Å². The molecule has 0 atom stereocenters. The molecule has 3 heteroatoms. The third-order valence-electron chi connectivity index (χ3n) is 4.09. The minimum atomic E-state index is -0.0429. The summed E-state index contributed by atoms with van der Waals surface area (Å²) in [5, 5.41) is 0. The molecule has 1 fully saturated rings. The largest absolute Gasteiger partial charge is 0.324 e. The van der Waals surface area contributed by atoms with Gasteiger partial charge in [-0.3, -0.25) is 0 Å². The maximum Gasteiger partial charge on any atom is 0.136 e. The smallest absolute Gasteiger partial charge is 0.136 e. The van der Waals surface area contributed by atoms with Gasteiger partial charge in [0.15, 0.2) is 0 Å². The van der Waals surface area contributed by atoms with Crippen molar-refractivity contribution in [2.24, 2.45) is 5.73 Å². The van der Waals surface area contributed by atoms with Crippen molar-refractivity contribution in [3.63, 3.8) is 0 Å². The lowest BCUT2D eigenvalue weighted by Crippen LogP contribution is -2.44. The first kappa shape index (κ1) is 9.85. The number of nitrogens with two attached hydrogens (primary N) is 1. The summed E-state index contributed by atoms with van der Waals surface area (Å²) in [6, 6.07) is 6.06. The zero-order valence-electron chi connectivity index (χ0n) is 9.77. The number of pyridine rings is 1. The highest BCUT2D eigenvalue weighted by Crippen LogP contribution is 2.48. The average Bonchev–Trinajstić information content (AvgIpc) is 2.88. The summed E-state index contributed by atoms with van der Waals surface area (Å²) in [7, 11) is 0. The molecule has 0 aliphatic heterocycles. The molecule has 1 saturated carbocycles. The Kier molecular flexibility index (Phi) is 1.76. The number of aromatic nitrogens is 2. The molecule has 0 aromatic carbocycles. The van der Waals surface area contributed by atoms with E-state index in [-0.39, 0.29) is 11.0 Å². The number of fused-ring (bicyclic) bond motifs is 1. The van der Waals surface area contributed by atoms with Gasteiger partial charge in [-0.25, -0.2) is 4.98 Å². The van der Waals surface area contributed by atoms with Crippen LogP contribution in [0.1, 0.15) is 32.4 Å². The summed E-state index contributed by atoms with van der Waals surface area (Å²) in [6.45, 7) is 4.44. The van der Waals surface area contributed by atoms with Gasteiger partial charge in [0, 0.05) is 29.0 Å². The van der Waals surface area contributed by atoms with Gasteiger partial charge >= 0.3 is 0 Å². The molecule has 0 spiro atoms. The molecule has 0 radical (unpaired) electrons. The van der Waals surface area contributed by atoms with Crippen molar-refractivity contribution in [2.75, 3.05) is 0 Å². The highest BCUT2D eigenvalue weighted by Gasteiger charge is 2.53. The molecule has 0 saturated heterocycles. The normalized spacial score (nSPS) is 18.9. The number of hydrogen-bond acceptors (Lipinski definition) is 2. The zero-order chi connectivity index (χ0) is 11.4. The van der Waals surface area contributed by atoms with E-state index in [9.17, 15) is 0 Å². The van der Waals surface area contributed by atoms with Gasteiger partial charge < -0.3 is 10.1 Å². The van der Waals surface area contributed by atoms with Crippen LogP contribution in [0.3, 0.4) is 0 Å². The molecule has 1 aliphatic rings. The minimum absolute atomic E-state index is 0.0201. The molecule has 1 aliphatic carbocycles. The van der Waals surface area contributed by atoms with Crippen molar-refractivity contribution >= 4 is 5.65 Å². The average molecular weight is 215 g/mol. The van der Waals surface area contributed by atoms with Crippen molar-refractivity contribution < 1.29 is 0 Å². The summed E-state index contributed by atoms with van der Waals surface area (Å²) in [4.78, 5) is 4.43. The monoisotopic (exact) mass is 215 g/mol. The van der Waals surface area contributed by atoms with Crippen LogP contribution in [0.5, 0.6) is 0 Å². The fourth-order valence-corrected chi connectivity index (χ4v) is 2.41. The van der Waals surface area contributed by atoms with E-state index in [1.165, 1.54) is 5.69 Å². The number of nitrogens with zero attached hydrogens (tertiary/aromatic N) is 2. The van der Waals surface area contributed by atoms with E-state index in [1.807, 2.05) is 24.4 Å². The van der Waals surface area contributed by atoms with Gasteiger partial charge in [0.05, 0.1) is 0 Å². The highest BCUT2D eigenvalue weighted by atomic mass is 15.0. The first-order valence-electron chi connectivity index (χ1n) is 5.76. The van der Waals surface area contributed by atoms with Gasteiger partial charge in [0.1, 0.15) is 5.65 Å². The van der Waals surface area contributed by atoms with Gasteiger partial charge in [-0.05, 0) is 25.0 Å². The number of imidazole rings is 1. The molecule has 3 rings (SSSR count). The summed E-state index contributed by atoms with van der Waals surface area (Å²) in [5.74, 6) is 0. The fourth-order valence-electron chi connectivity index (χ4n) is 2.41. The van der Waals surface area contributed by atoms with Crippen molar-refractivity contribution in [1.29, 1.82) is 0 Å². The minimum Gasteiger partial charge on any atom is -0.324 e. The predicted molar refractivity (Wildman–Crippen MR) is 64.4 cm³/mol. The second-order valence-corrected chi connectivity index (χ2v) is 5.35. The molecule has 16 heavy (non-hydrogen) atoms. The first-order chi connectivity index (χ1) is 7.55. The molecule has 2 aromatic rings. The standard InChI is InChI=1S/C13H17N3/c1-12(2,13(14)6-7-13)10-9-15-11-5-3-4-8-16(10)11/h3-5,8-9H,6-7,14H2,1-2H3.